The molecule has 2 fully saturated rings. The third-order valence-corrected chi connectivity index (χ3v) is 7.21. The number of esters is 1. The topological polar surface area (TPSA) is 63.6 Å². The maximum atomic E-state index is 12.9. The van der Waals surface area contributed by atoms with E-state index in [9.17, 15) is 14.7 Å². The SMILES string of the molecule is C/C=C(/C)C(=O)O[C@H]1C(C)(C)[C@@H]2[C@H](O)C[C@@H](C)[C@@]23C=CC(=O)C13C. The molecule has 2 saturated carbocycles. The van der Waals surface area contributed by atoms with E-state index in [1.807, 2.05) is 26.8 Å². The number of aliphatic hydroxyl groups is 1. The number of hydrogen-bond donors (Lipinski definition) is 1. The van der Waals surface area contributed by atoms with Gasteiger partial charge in [-0.05, 0) is 39.2 Å². The van der Waals surface area contributed by atoms with E-state index >= 15 is 0 Å². The molecule has 0 aromatic carbocycles. The van der Waals surface area contributed by atoms with Gasteiger partial charge in [-0.3, -0.25) is 4.79 Å². The number of ketones is 1. The Labute approximate surface area is 144 Å². The minimum absolute atomic E-state index is 0.00922. The van der Waals surface area contributed by atoms with E-state index in [1.165, 1.54) is 0 Å². The molecule has 3 aliphatic carbocycles. The molecule has 6 atom stereocenters. The molecule has 0 bridgehead atoms. The van der Waals surface area contributed by atoms with E-state index in [4.69, 9.17) is 4.74 Å². The fourth-order valence-corrected chi connectivity index (χ4v) is 6.16. The molecule has 0 aromatic rings. The molecular weight excluding hydrogens is 304 g/mol. The van der Waals surface area contributed by atoms with Crippen molar-refractivity contribution in [3.05, 3.63) is 23.8 Å². The summed E-state index contributed by atoms with van der Waals surface area (Å²) in [4.78, 5) is 25.4. The average Bonchev–Trinajstić information content (AvgIpc) is 2.98. The summed E-state index contributed by atoms with van der Waals surface area (Å²) < 4.78 is 5.92. The van der Waals surface area contributed by atoms with Crippen LogP contribution in [0, 0.1) is 28.1 Å². The van der Waals surface area contributed by atoms with Crippen molar-refractivity contribution in [1.29, 1.82) is 0 Å². The van der Waals surface area contributed by atoms with Crippen molar-refractivity contribution in [2.24, 2.45) is 28.1 Å². The normalized spacial score (nSPS) is 46.1. The van der Waals surface area contributed by atoms with Crippen LogP contribution in [-0.2, 0) is 14.3 Å². The van der Waals surface area contributed by atoms with E-state index in [1.54, 1.807) is 26.0 Å². The van der Waals surface area contributed by atoms with Crippen molar-refractivity contribution >= 4 is 11.8 Å². The van der Waals surface area contributed by atoms with Gasteiger partial charge in [0.2, 0.25) is 0 Å². The molecule has 132 valence electrons. The summed E-state index contributed by atoms with van der Waals surface area (Å²) in [5.74, 6) is -0.309. The Morgan fingerprint density at radius 2 is 2.00 bits per heavy atom. The molecule has 3 aliphatic rings. The molecular formula is C20H28O4. The Balaban J connectivity index is 2.14. The van der Waals surface area contributed by atoms with Crippen LogP contribution in [0.15, 0.2) is 23.8 Å². The van der Waals surface area contributed by atoms with Crippen LogP contribution < -0.4 is 0 Å². The predicted molar refractivity (Wildman–Crippen MR) is 91.1 cm³/mol. The first-order valence-corrected chi connectivity index (χ1v) is 8.80. The monoisotopic (exact) mass is 332 g/mol. The van der Waals surface area contributed by atoms with Crippen LogP contribution in [0.4, 0.5) is 0 Å². The van der Waals surface area contributed by atoms with Crippen LogP contribution in [0.5, 0.6) is 0 Å². The highest BCUT2D eigenvalue weighted by atomic mass is 16.5. The molecule has 0 aliphatic heterocycles. The third kappa shape index (κ3) is 1.73. The molecule has 0 aromatic heterocycles. The van der Waals surface area contributed by atoms with Gasteiger partial charge in [-0.1, -0.05) is 32.9 Å². The van der Waals surface area contributed by atoms with Gasteiger partial charge in [0.15, 0.2) is 5.78 Å². The minimum Gasteiger partial charge on any atom is -0.457 e. The quantitative estimate of drug-likeness (QED) is 0.623. The number of carbonyl (C=O) groups excluding carboxylic acids is 2. The highest BCUT2D eigenvalue weighted by molar-refractivity contribution is 6.00. The molecule has 1 N–H and O–H groups in total. The standard InChI is InChI=1S/C20H28O4/c1-7-11(2)16(23)24-17-18(4,5)15-13(21)10-12(3)20(15)9-8-14(22)19(17,20)6/h7-9,12-13,15,17,21H,10H2,1-6H3/b11-7-/t12-,13-,15+,17+,19?,20+/m1/s1. The first kappa shape index (κ1) is 17.4. The third-order valence-electron chi connectivity index (χ3n) is 7.21. The van der Waals surface area contributed by atoms with Crippen LogP contribution in [-0.4, -0.2) is 29.1 Å². The second-order valence-corrected chi connectivity index (χ2v) is 8.59. The van der Waals surface area contributed by atoms with Crippen LogP contribution in [0.3, 0.4) is 0 Å². The van der Waals surface area contributed by atoms with Gasteiger partial charge < -0.3 is 9.84 Å². The van der Waals surface area contributed by atoms with Gasteiger partial charge in [0.25, 0.3) is 0 Å². The van der Waals surface area contributed by atoms with Crippen molar-refractivity contribution in [2.45, 2.75) is 60.2 Å². The Kier molecular flexibility index (Phi) is 3.66. The maximum Gasteiger partial charge on any atom is 0.333 e. The summed E-state index contributed by atoms with van der Waals surface area (Å²) in [5, 5.41) is 10.8. The molecule has 0 saturated heterocycles. The zero-order valence-corrected chi connectivity index (χ0v) is 15.4. The molecule has 24 heavy (non-hydrogen) atoms. The van der Waals surface area contributed by atoms with Crippen LogP contribution in [0.1, 0.15) is 48.0 Å². The second-order valence-electron chi connectivity index (χ2n) is 8.59. The van der Waals surface area contributed by atoms with Crippen LogP contribution in [0.2, 0.25) is 0 Å². The van der Waals surface area contributed by atoms with Crippen LogP contribution in [0.25, 0.3) is 0 Å². The van der Waals surface area contributed by atoms with E-state index in [-0.39, 0.29) is 23.6 Å². The highest BCUT2D eigenvalue weighted by Gasteiger charge is 2.79. The largest absolute Gasteiger partial charge is 0.457 e. The van der Waals surface area contributed by atoms with Gasteiger partial charge in [0.05, 0.1) is 11.5 Å². The number of carbonyl (C=O) groups is 2. The summed E-state index contributed by atoms with van der Waals surface area (Å²) in [7, 11) is 0. The van der Waals surface area contributed by atoms with Crippen molar-refractivity contribution in [3.63, 3.8) is 0 Å². The number of hydrogen-bond acceptors (Lipinski definition) is 4. The molecule has 0 heterocycles. The summed E-state index contributed by atoms with van der Waals surface area (Å²) >= 11 is 0. The molecule has 1 spiro atoms. The molecule has 4 heteroatoms. The zero-order valence-electron chi connectivity index (χ0n) is 15.4. The lowest BCUT2D eigenvalue weighted by Crippen LogP contribution is -2.49. The minimum atomic E-state index is -0.818. The van der Waals surface area contributed by atoms with E-state index in [0.717, 1.165) is 0 Å². The van der Waals surface area contributed by atoms with E-state index in [0.29, 0.717) is 12.0 Å². The van der Waals surface area contributed by atoms with Crippen molar-refractivity contribution in [3.8, 4) is 0 Å². The first-order valence-electron chi connectivity index (χ1n) is 8.80. The van der Waals surface area contributed by atoms with Crippen molar-refractivity contribution in [2.75, 3.05) is 0 Å². The molecule has 4 nitrogen and oxygen atoms in total. The number of ether oxygens (including phenoxy) is 1. The van der Waals surface area contributed by atoms with E-state index < -0.39 is 28.5 Å². The lowest BCUT2D eigenvalue weighted by molar-refractivity contribution is -0.162. The van der Waals surface area contributed by atoms with Gasteiger partial charge in [-0.15, -0.1) is 0 Å². The Bertz CT molecular complexity index is 659. The Morgan fingerprint density at radius 1 is 1.38 bits per heavy atom. The lowest BCUT2D eigenvalue weighted by atomic mass is 9.61. The summed E-state index contributed by atoms with van der Waals surface area (Å²) in [5.41, 5.74) is -1.21. The number of aliphatic hydroxyl groups excluding tert-OH is 1. The predicted octanol–water partition coefficient (Wildman–Crippen LogP) is 3.05. The van der Waals surface area contributed by atoms with Crippen molar-refractivity contribution in [1.82, 2.24) is 0 Å². The van der Waals surface area contributed by atoms with Gasteiger partial charge >= 0.3 is 5.97 Å². The summed E-state index contributed by atoms with van der Waals surface area (Å²) in [6.45, 7) is 11.6. The van der Waals surface area contributed by atoms with Gasteiger partial charge in [0.1, 0.15) is 6.10 Å². The van der Waals surface area contributed by atoms with Gasteiger partial charge in [0, 0.05) is 22.3 Å². The Hall–Kier alpha value is -1.42. The number of allylic oxidation sites excluding steroid dienone is 3. The van der Waals surface area contributed by atoms with Crippen molar-refractivity contribution < 1.29 is 19.4 Å². The van der Waals surface area contributed by atoms with Crippen LogP contribution >= 0.6 is 0 Å². The fraction of sp³-hybridized carbons (Fsp3) is 0.700. The Morgan fingerprint density at radius 3 is 2.58 bits per heavy atom. The summed E-state index contributed by atoms with van der Waals surface area (Å²) in [6.07, 6.45) is 4.98. The smallest absolute Gasteiger partial charge is 0.333 e. The summed E-state index contributed by atoms with van der Waals surface area (Å²) in [6, 6.07) is 0. The second kappa shape index (κ2) is 5.04. The fourth-order valence-electron chi connectivity index (χ4n) is 6.16. The van der Waals surface area contributed by atoms with Gasteiger partial charge in [-0.25, -0.2) is 4.79 Å². The zero-order chi connectivity index (χ0) is 18.1. The molecule has 1 unspecified atom stereocenters. The molecule has 0 radical (unpaired) electrons. The maximum absolute atomic E-state index is 12.9. The highest BCUT2D eigenvalue weighted by Crippen LogP contribution is 2.75. The average molecular weight is 332 g/mol. The molecule has 0 amide bonds. The number of rotatable bonds is 2. The lowest BCUT2D eigenvalue weighted by Gasteiger charge is -2.41. The first-order chi connectivity index (χ1) is 11.0. The molecule has 3 rings (SSSR count). The van der Waals surface area contributed by atoms with Gasteiger partial charge in [-0.2, -0.15) is 0 Å². The van der Waals surface area contributed by atoms with E-state index in [2.05, 4.69) is 6.92 Å².